The van der Waals surface area contributed by atoms with Gasteiger partial charge in [0, 0.05) is 21.7 Å². The molecule has 0 aliphatic heterocycles. The zero-order valence-electron chi connectivity index (χ0n) is 11.5. The molecule has 0 N–H and O–H groups in total. The van der Waals surface area contributed by atoms with E-state index >= 15 is 0 Å². The third kappa shape index (κ3) is 2.84. The Balaban J connectivity index is 2.01. The van der Waals surface area contributed by atoms with E-state index < -0.39 is 0 Å². The van der Waals surface area contributed by atoms with E-state index in [0.29, 0.717) is 5.15 Å². The molecule has 1 aromatic carbocycles. The highest BCUT2D eigenvalue weighted by Crippen LogP contribution is 2.28. The molecular weight excluding hydrogens is 288 g/mol. The Bertz CT molecular complexity index is 611. The van der Waals surface area contributed by atoms with Gasteiger partial charge in [0.05, 0.1) is 0 Å². The van der Waals surface area contributed by atoms with Gasteiger partial charge in [-0.1, -0.05) is 30.2 Å². The van der Waals surface area contributed by atoms with Crippen molar-refractivity contribution in [3.05, 3.63) is 40.7 Å². The Morgan fingerprint density at radius 3 is 2.50 bits per heavy atom. The van der Waals surface area contributed by atoms with Crippen LogP contribution in [0.15, 0.2) is 29.2 Å². The molecular formula is C16H17ClN2S. The van der Waals surface area contributed by atoms with Gasteiger partial charge in [0.2, 0.25) is 0 Å². The molecule has 104 valence electrons. The number of thioether (sulfide) groups is 1. The molecule has 2 nitrogen and oxygen atoms in total. The first-order valence-corrected chi connectivity index (χ1v) is 8.58. The van der Waals surface area contributed by atoms with Crippen LogP contribution in [0.1, 0.15) is 30.5 Å². The summed E-state index contributed by atoms with van der Waals surface area (Å²) < 4.78 is 0. The number of nitrogens with zero attached hydrogens (tertiary/aromatic N) is 2. The SMILES string of the molecule is CSc1ccc(-c2nc(Cl)c3c(n2)CCCCC3)cc1. The van der Waals surface area contributed by atoms with Crippen molar-refractivity contribution in [1.29, 1.82) is 0 Å². The highest BCUT2D eigenvalue weighted by atomic mass is 35.5. The minimum atomic E-state index is 0.640. The fourth-order valence-corrected chi connectivity index (χ4v) is 3.29. The van der Waals surface area contributed by atoms with Crippen molar-refractivity contribution in [1.82, 2.24) is 9.97 Å². The maximum absolute atomic E-state index is 6.37. The van der Waals surface area contributed by atoms with E-state index in [2.05, 4.69) is 35.5 Å². The number of hydrogen-bond acceptors (Lipinski definition) is 3. The maximum Gasteiger partial charge on any atom is 0.161 e. The molecule has 0 saturated carbocycles. The summed E-state index contributed by atoms with van der Waals surface area (Å²) in [7, 11) is 0. The molecule has 0 saturated heterocycles. The molecule has 0 radical (unpaired) electrons. The summed E-state index contributed by atoms with van der Waals surface area (Å²) in [4.78, 5) is 10.5. The first-order chi connectivity index (χ1) is 9.78. The van der Waals surface area contributed by atoms with Gasteiger partial charge in [-0.3, -0.25) is 0 Å². The third-order valence-electron chi connectivity index (χ3n) is 3.73. The highest BCUT2D eigenvalue weighted by Gasteiger charge is 2.16. The molecule has 0 atom stereocenters. The van der Waals surface area contributed by atoms with E-state index in [1.165, 1.54) is 24.2 Å². The van der Waals surface area contributed by atoms with Crippen molar-refractivity contribution in [2.75, 3.05) is 6.26 Å². The smallest absolute Gasteiger partial charge is 0.161 e. The number of aryl methyl sites for hydroxylation is 1. The lowest BCUT2D eigenvalue weighted by molar-refractivity contribution is 0.709. The topological polar surface area (TPSA) is 25.8 Å². The Morgan fingerprint density at radius 2 is 1.75 bits per heavy atom. The number of rotatable bonds is 2. The van der Waals surface area contributed by atoms with Crippen molar-refractivity contribution in [2.24, 2.45) is 0 Å². The van der Waals surface area contributed by atoms with Crippen molar-refractivity contribution in [3.63, 3.8) is 0 Å². The van der Waals surface area contributed by atoms with E-state index in [9.17, 15) is 0 Å². The second-order valence-electron chi connectivity index (χ2n) is 5.05. The molecule has 4 heteroatoms. The molecule has 2 aromatic rings. The number of halogens is 1. The van der Waals surface area contributed by atoms with Crippen LogP contribution in [0.5, 0.6) is 0 Å². The summed E-state index contributed by atoms with van der Waals surface area (Å²) in [6.07, 6.45) is 7.76. The van der Waals surface area contributed by atoms with Crippen LogP contribution in [0.3, 0.4) is 0 Å². The zero-order valence-corrected chi connectivity index (χ0v) is 13.1. The predicted octanol–water partition coefficient (Wildman–Crippen LogP) is 4.79. The van der Waals surface area contributed by atoms with Crippen LogP contribution in [0.4, 0.5) is 0 Å². The molecule has 0 amide bonds. The second-order valence-corrected chi connectivity index (χ2v) is 6.29. The van der Waals surface area contributed by atoms with Crippen LogP contribution >= 0.6 is 23.4 Å². The number of fused-ring (bicyclic) bond motifs is 1. The van der Waals surface area contributed by atoms with Crippen molar-refractivity contribution in [2.45, 2.75) is 37.0 Å². The first-order valence-electron chi connectivity index (χ1n) is 6.97. The highest BCUT2D eigenvalue weighted by molar-refractivity contribution is 7.98. The third-order valence-corrected chi connectivity index (χ3v) is 4.79. The lowest BCUT2D eigenvalue weighted by atomic mass is 10.1. The fraction of sp³-hybridized carbons (Fsp3) is 0.375. The molecule has 0 bridgehead atoms. The predicted molar refractivity (Wildman–Crippen MR) is 85.5 cm³/mol. The largest absolute Gasteiger partial charge is 0.233 e. The lowest BCUT2D eigenvalue weighted by Gasteiger charge is -2.09. The number of benzene rings is 1. The van der Waals surface area contributed by atoms with Gasteiger partial charge in [-0.05, 0) is 44.1 Å². The molecule has 1 heterocycles. The number of hydrogen-bond donors (Lipinski definition) is 0. The Morgan fingerprint density at radius 1 is 1.00 bits per heavy atom. The van der Waals surface area contributed by atoms with Crippen molar-refractivity contribution >= 4 is 23.4 Å². The van der Waals surface area contributed by atoms with Crippen molar-refractivity contribution < 1.29 is 0 Å². The van der Waals surface area contributed by atoms with Crippen molar-refractivity contribution in [3.8, 4) is 11.4 Å². The van der Waals surface area contributed by atoms with E-state index in [1.807, 2.05) is 0 Å². The molecule has 0 fully saturated rings. The Hall–Kier alpha value is -1.06. The Labute approximate surface area is 129 Å². The normalized spacial score (nSPS) is 14.7. The van der Waals surface area contributed by atoms with E-state index in [-0.39, 0.29) is 0 Å². The minimum Gasteiger partial charge on any atom is -0.233 e. The number of aromatic nitrogens is 2. The standard InChI is InChI=1S/C16H17ClN2S/c1-20-12-9-7-11(8-10-12)16-18-14-6-4-2-3-5-13(14)15(17)19-16/h7-10H,2-6H2,1H3. The summed E-state index contributed by atoms with van der Waals surface area (Å²) in [6.45, 7) is 0. The molecule has 1 aliphatic rings. The second kappa shape index (κ2) is 6.15. The lowest BCUT2D eigenvalue weighted by Crippen LogP contribution is -2.02. The summed E-state index contributed by atoms with van der Waals surface area (Å²) in [5, 5.41) is 0.640. The van der Waals surface area contributed by atoms with Gasteiger partial charge in [0.25, 0.3) is 0 Å². The Kier molecular flexibility index (Phi) is 4.27. The monoisotopic (exact) mass is 304 g/mol. The van der Waals surface area contributed by atoms with Gasteiger partial charge in [0.1, 0.15) is 5.15 Å². The quantitative estimate of drug-likeness (QED) is 0.453. The average Bonchev–Trinajstić information content (AvgIpc) is 2.73. The van der Waals surface area contributed by atoms with E-state index in [1.54, 1.807) is 11.8 Å². The molecule has 3 rings (SSSR count). The van der Waals surface area contributed by atoms with Crippen LogP contribution in [0.2, 0.25) is 5.15 Å². The summed E-state index contributed by atoms with van der Waals surface area (Å²) >= 11 is 8.11. The van der Waals surface area contributed by atoms with Gasteiger partial charge in [-0.15, -0.1) is 11.8 Å². The minimum absolute atomic E-state index is 0.640. The molecule has 0 unspecified atom stereocenters. The van der Waals surface area contributed by atoms with Crippen LogP contribution in [-0.2, 0) is 12.8 Å². The van der Waals surface area contributed by atoms with Crippen LogP contribution in [-0.4, -0.2) is 16.2 Å². The molecule has 1 aromatic heterocycles. The van der Waals surface area contributed by atoms with Crippen LogP contribution < -0.4 is 0 Å². The zero-order chi connectivity index (χ0) is 13.9. The van der Waals surface area contributed by atoms with Gasteiger partial charge in [-0.2, -0.15) is 0 Å². The van der Waals surface area contributed by atoms with Gasteiger partial charge in [-0.25, -0.2) is 9.97 Å². The fourth-order valence-electron chi connectivity index (χ4n) is 2.59. The van der Waals surface area contributed by atoms with Crippen LogP contribution in [0, 0.1) is 0 Å². The average molecular weight is 305 g/mol. The van der Waals surface area contributed by atoms with Gasteiger partial charge < -0.3 is 0 Å². The van der Waals surface area contributed by atoms with E-state index in [0.717, 1.165) is 35.5 Å². The summed E-state index contributed by atoms with van der Waals surface area (Å²) in [5.41, 5.74) is 3.34. The van der Waals surface area contributed by atoms with Gasteiger partial charge >= 0.3 is 0 Å². The van der Waals surface area contributed by atoms with Gasteiger partial charge in [0.15, 0.2) is 5.82 Å². The summed E-state index contributed by atoms with van der Waals surface area (Å²) in [5.74, 6) is 0.753. The molecule has 1 aliphatic carbocycles. The first kappa shape index (κ1) is 13.9. The molecule has 0 spiro atoms. The van der Waals surface area contributed by atoms with E-state index in [4.69, 9.17) is 16.6 Å². The van der Waals surface area contributed by atoms with Crippen LogP contribution in [0.25, 0.3) is 11.4 Å². The maximum atomic E-state index is 6.37. The molecule has 20 heavy (non-hydrogen) atoms. The summed E-state index contributed by atoms with van der Waals surface area (Å²) in [6, 6.07) is 8.34.